The van der Waals surface area contributed by atoms with Gasteiger partial charge in [0.05, 0.1) is 0 Å². The van der Waals surface area contributed by atoms with Gasteiger partial charge < -0.3 is 9.88 Å². The zero-order valence-electron chi connectivity index (χ0n) is 10.3. The molecule has 1 heterocycles. The predicted molar refractivity (Wildman–Crippen MR) is 68.5 cm³/mol. The number of carbonyl (C=O) groups is 1. The average Bonchev–Trinajstić information content (AvgIpc) is 2.30. The highest BCUT2D eigenvalue weighted by molar-refractivity contribution is 6.18. The van der Waals surface area contributed by atoms with Crippen molar-refractivity contribution in [3.63, 3.8) is 0 Å². The average molecular weight is 257 g/mol. The van der Waals surface area contributed by atoms with E-state index in [9.17, 15) is 9.59 Å². The molecular weight excluding hydrogens is 240 g/mol. The Kier molecular flexibility index (Phi) is 4.34. The van der Waals surface area contributed by atoms with Crippen LogP contribution in [0.5, 0.6) is 0 Å². The van der Waals surface area contributed by atoms with Crippen molar-refractivity contribution in [1.29, 1.82) is 0 Å². The zero-order valence-corrected chi connectivity index (χ0v) is 11.0. The van der Waals surface area contributed by atoms with Crippen LogP contribution >= 0.6 is 11.6 Å². The van der Waals surface area contributed by atoms with E-state index >= 15 is 0 Å². The summed E-state index contributed by atoms with van der Waals surface area (Å²) in [5.74, 6) is 0.213. The van der Waals surface area contributed by atoms with Gasteiger partial charge in [0.1, 0.15) is 0 Å². The number of aryl methyl sites for hydroxylation is 1. The van der Waals surface area contributed by atoms with Crippen LogP contribution in [-0.2, 0) is 7.05 Å². The van der Waals surface area contributed by atoms with Gasteiger partial charge in [-0.15, -0.1) is 11.6 Å². The molecule has 1 aromatic heterocycles. The largest absolute Gasteiger partial charge is 0.351 e. The van der Waals surface area contributed by atoms with E-state index in [1.807, 2.05) is 13.8 Å². The molecule has 5 heteroatoms. The molecule has 0 spiro atoms. The van der Waals surface area contributed by atoms with E-state index in [4.69, 9.17) is 11.6 Å². The van der Waals surface area contributed by atoms with Crippen molar-refractivity contribution in [3.05, 3.63) is 34.2 Å². The first kappa shape index (κ1) is 13.8. The van der Waals surface area contributed by atoms with Crippen molar-refractivity contribution < 1.29 is 4.79 Å². The molecule has 0 atom stereocenters. The van der Waals surface area contributed by atoms with Crippen LogP contribution in [0.2, 0.25) is 0 Å². The Morgan fingerprint density at radius 3 is 2.71 bits per heavy atom. The summed E-state index contributed by atoms with van der Waals surface area (Å²) in [6, 6.07) is 2.94. The number of halogens is 1. The molecular formula is C12H17ClN2O2. The van der Waals surface area contributed by atoms with Gasteiger partial charge in [0.25, 0.3) is 11.5 Å². The molecule has 94 valence electrons. The fourth-order valence-electron chi connectivity index (χ4n) is 1.16. The van der Waals surface area contributed by atoms with Crippen molar-refractivity contribution in [3.8, 4) is 0 Å². The van der Waals surface area contributed by atoms with Crippen LogP contribution < -0.4 is 10.9 Å². The van der Waals surface area contributed by atoms with Crippen LogP contribution in [0.3, 0.4) is 0 Å². The monoisotopic (exact) mass is 256 g/mol. The van der Waals surface area contributed by atoms with Crippen LogP contribution in [0.15, 0.2) is 23.1 Å². The summed E-state index contributed by atoms with van der Waals surface area (Å²) in [7, 11) is 1.64. The van der Waals surface area contributed by atoms with E-state index in [2.05, 4.69) is 5.32 Å². The minimum absolute atomic E-state index is 0.156. The standard InChI is InChI=1S/C12H17ClN2O2/c1-12(2,7-13)8-14-11(17)9-4-5-15(3)10(16)6-9/h4-6H,7-8H2,1-3H3,(H,14,17). The number of rotatable bonds is 4. The fourth-order valence-corrected chi connectivity index (χ4v) is 1.25. The first-order valence-electron chi connectivity index (χ1n) is 5.36. The Hall–Kier alpha value is -1.29. The lowest BCUT2D eigenvalue weighted by Gasteiger charge is -2.21. The van der Waals surface area contributed by atoms with Gasteiger partial charge >= 0.3 is 0 Å². The summed E-state index contributed by atoms with van der Waals surface area (Å²) in [6.07, 6.45) is 1.57. The van der Waals surface area contributed by atoms with E-state index in [1.165, 1.54) is 10.6 Å². The van der Waals surface area contributed by atoms with E-state index < -0.39 is 0 Å². The maximum absolute atomic E-state index is 11.8. The highest BCUT2D eigenvalue weighted by Crippen LogP contribution is 2.15. The molecule has 1 aromatic rings. The minimum Gasteiger partial charge on any atom is -0.351 e. The fraction of sp³-hybridized carbons (Fsp3) is 0.500. The summed E-state index contributed by atoms with van der Waals surface area (Å²) < 4.78 is 1.42. The topological polar surface area (TPSA) is 51.1 Å². The summed E-state index contributed by atoms with van der Waals surface area (Å²) in [4.78, 5) is 23.1. The lowest BCUT2D eigenvalue weighted by Crippen LogP contribution is -2.35. The van der Waals surface area contributed by atoms with Gasteiger partial charge in [-0.05, 0) is 11.5 Å². The van der Waals surface area contributed by atoms with Crippen LogP contribution in [0.4, 0.5) is 0 Å². The Morgan fingerprint density at radius 2 is 2.18 bits per heavy atom. The van der Waals surface area contributed by atoms with Crippen molar-refractivity contribution in [2.24, 2.45) is 12.5 Å². The lowest BCUT2D eigenvalue weighted by atomic mass is 9.96. The molecule has 0 aliphatic carbocycles. The number of alkyl halides is 1. The van der Waals surface area contributed by atoms with Crippen molar-refractivity contribution in [1.82, 2.24) is 9.88 Å². The highest BCUT2D eigenvalue weighted by Gasteiger charge is 2.18. The van der Waals surface area contributed by atoms with Crippen LogP contribution in [-0.4, -0.2) is 22.9 Å². The molecule has 0 aliphatic rings. The van der Waals surface area contributed by atoms with Gasteiger partial charge in [-0.1, -0.05) is 13.8 Å². The van der Waals surface area contributed by atoms with Crippen LogP contribution in [0.1, 0.15) is 24.2 Å². The smallest absolute Gasteiger partial charge is 0.251 e. The molecule has 0 aromatic carbocycles. The summed E-state index contributed by atoms with van der Waals surface area (Å²) in [5.41, 5.74) is 0.0180. The minimum atomic E-state index is -0.249. The maximum Gasteiger partial charge on any atom is 0.251 e. The number of nitrogens with one attached hydrogen (secondary N) is 1. The summed E-state index contributed by atoms with van der Waals surface area (Å²) >= 11 is 5.76. The molecule has 1 rings (SSSR count). The van der Waals surface area contributed by atoms with Gasteiger partial charge in [0.2, 0.25) is 0 Å². The van der Waals surface area contributed by atoms with E-state index in [0.29, 0.717) is 18.0 Å². The quantitative estimate of drug-likeness (QED) is 0.828. The van der Waals surface area contributed by atoms with Crippen molar-refractivity contribution in [2.45, 2.75) is 13.8 Å². The van der Waals surface area contributed by atoms with Gasteiger partial charge in [0.15, 0.2) is 0 Å². The zero-order chi connectivity index (χ0) is 13.1. The second-order valence-corrected chi connectivity index (χ2v) is 5.11. The number of pyridine rings is 1. The van der Waals surface area contributed by atoms with Crippen molar-refractivity contribution in [2.75, 3.05) is 12.4 Å². The SMILES string of the molecule is Cn1ccc(C(=O)NCC(C)(C)CCl)cc1=O. The summed E-state index contributed by atoms with van der Waals surface area (Å²) in [6.45, 7) is 4.40. The Labute approximate surface area is 106 Å². The molecule has 0 radical (unpaired) electrons. The highest BCUT2D eigenvalue weighted by atomic mass is 35.5. The third-order valence-corrected chi connectivity index (χ3v) is 3.18. The van der Waals surface area contributed by atoms with E-state index in [0.717, 1.165) is 0 Å². The van der Waals surface area contributed by atoms with Gasteiger partial charge in [-0.25, -0.2) is 0 Å². The van der Waals surface area contributed by atoms with Crippen LogP contribution in [0.25, 0.3) is 0 Å². The Bertz CT molecular complexity index is 466. The Morgan fingerprint density at radius 1 is 1.53 bits per heavy atom. The molecule has 0 aliphatic heterocycles. The number of amides is 1. The van der Waals surface area contributed by atoms with Gasteiger partial charge in [0, 0.05) is 37.3 Å². The van der Waals surface area contributed by atoms with E-state index in [1.54, 1.807) is 19.3 Å². The van der Waals surface area contributed by atoms with Crippen LogP contribution in [0, 0.1) is 5.41 Å². The molecule has 0 saturated carbocycles. The predicted octanol–water partition coefficient (Wildman–Crippen LogP) is 1.38. The molecule has 0 unspecified atom stereocenters. The number of nitrogens with zero attached hydrogens (tertiary/aromatic N) is 1. The van der Waals surface area contributed by atoms with Crippen molar-refractivity contribution >= 4 is 17.5 Å². The number of hydrogen-bond acceptors (Lipinski definition) is 2. The molecule has 0 fully saturated rings. The van der Waals surface area contributed by atoms with E-state index in [-0.39, 0.29) is 16.9 Å². The first-order chi connectivity index (χ1) is 7.85. The molecule has 1 amide bonds. The number of aromatic nitrogens is 1. The second kappa shape index (κ2) is 5.36. The third-order valence-electron chi connectivity index (χ3n) is 2.46. The molecule has 0 bridgehead atoms. The molecule has 1 N–H and O–H groups in total. The van der Waals surface area contributed by atoms with Gasteiger partial charge in [-0.3, -0.25) is 9.59 Å². The molecule has 17 heavy (non-hydrogen) atoms. The lowest BCUT2D eigenvalue weighted by molar-refractivity contribution is 0.0939. The molecule has 4 nitrogen and oxygen atoms in total. The first-order valence-corrected chi connectivity index (χ1v) is 5.90. The normalized spacial score (nSPS) is 11.3. The number of hydrogen-bond donors (Lipinski definition) is 1. The molecule has 0 saturated heterocycles. The number of carbonyl (C=O) groups excluding carboxylic acids is 1. The van der Waals surface area contributed by atoms with Gasteiger partial charge in [-0.2, -0.15) is 0 Å². The summed E-state index contributed by atoms with van der Waals surface area (Å²) in [5, 5.41) is 2.77. The third kappa shape index (κ3) is 3.89. The Balaban J connectivity index is 2.71. The maximum atomic E-state index is 11.8. The second-order valence-electron chi connectivity index (χ2n) is 4.85.